The molecule has 2 atom stereocenters. The first-order chi connectivity index (χ1) is 7.03. The van der Waals surface area contributed by atoms with Gasteiger partial charge in [-0.05, 0) is 49.6 Å². The smallest absolute Gasteiger partial charge is 0.00180 e. The molecule has 0 radical (unpaired) electrons. The normalized spacial score (nSPS) is 27.2. The van der Waals surface area contributed by atoms with Crippen molar-refractivity contribution in [1.82, 2.24) is 5.32 Å². The molecule has 1 fully saturated rings. The van der Waals surface area contributed by atoms with Crippen LogP contribution in [0.25, 0.3) is 0 Å². The maximum Gasteiger partial charge on any atom is -0.00180 e. The highest BCUT2D eigenvalue weighted by Gasteiger charge is 2.27. The van der Waals surface area contributed by atoms with E-state index in [9.17, 15) is 0 Å². The minimum absolute atomic E-state index is 0.519. The van der Waals surface area contributed by atoms with Crippen molar-refractivity contribution in [3.8, 4) is 0 Å². The van der Waals surface area contributed by atoms with E-state index in [0.29, 0.717) is 5.41 Å². The van der Waals surface area contributed by atoms with Crippen molar-refractivity contribution in [3.05, 3.63) is 0 Å². The number of hydrogen-bond donors (Lipinski definition) is 1. The van der Waals surface area contributed by atoms with E-state index in [1.54, 1.807) is 0 Å². The second-order valence-corrected chi connectivity index (χ2v) is 6.36. The minimum Gasteiger partial charge on any atom is -0.317 e. The Hall–Kier alpha value is -0.0400. The maximum atomic E-state index is 3.52. The van der Waals surface area contributed by atoms with E-state index in [-0.39, 0.29) is 0 Å². The average Bonchev–Trinajstić information content (AvgIpc) is 2.57. The van der Waals surface area contributed by atoms with Gasteiger partial charge in [-0.3, -0.25) is 0 Å². The highest BCUT2D eigenvalue weighted by Crippen LogP contribution is 2.37. The zero-order valence-corrected chi connectivity index (χ0v) is 11.1. The van der Waals surface area contributed by atoms with Gasteiger partial charge in [0.25, 0.3) is 0 Å². The Morgan fingerprint density at radius 3 is 2.40 bits per heavy atom. The van der Waals surface area contributed by atoms with Gasteiger partial charge in [0, 0.05) is 0 Å². The van der Waals surface area contributed by atoms with Crippen molar-refractivity contribution in [2.45, 2.75) is 59.8 Å². The van der Waals surface area contributed by atoms with E-state index in [2.05, 4.69) is 33.0 Å². The number of rotatable bonds is 5. The Balaban J connectivity index is 2.27. The van der Waals surface area contributed by atoms with Crippen LogP contribution in [0.3, 0.4) is 0 Å². The van der Waals surface area contributed by atoms with E-state index < -0.39 is 0 Å². The minimum atomic E-state index is 0.519. The molecule has 1 aliphatic carbocycles. The highest BCUT2D eigenvalue weighted by molar-refractivity contribution is 4.80. The molecular formula is C14H29N. The number of hydrogen-bond acceptors (Lipinski definition) is 1. The molecule has 0 amide bonds. The van der Waals surface area contributed by atoms with Gasteiger partial charge in [0.1, 0.15) is 0 Å². The summed E-state index contributed by atoms with van der Waals surface area (Å²) in [6.45, 7) is 11.7. The molecule has 0 aromatic carbocycles. The van der Waals surface area contributed by atoms with E-state index in [0.717, 1.165) is 18.4 Å². The third-order valence-electron chi connectivity index (χ3n) is 3.74. The molecule has 0 bridgehead atoms. The van der Waals surface area contributed by atoms with Crippen LogP contribution in [0.1, 0.15) is 59.8 Å². The average molecular weight is 211 g/mol. The van der Waals surface area contributed by atoms with Gasteiger partial charge in [-0.1, -0.05) is 40.5 Å². The topological polar surface area (TPSA) is 12.0 Å². The van der Waals surface area contributed by atoms with Crippen LogP contribution in [0.2, 0.25) is 0 Å². The van der Waals surface area contributed by atoms with Crippen molar-refractivity contribution >= 4 is 0 Å². The molecule has 2 unspecified atom stereocenters. The summed E-state index contributed by atoms with van der Waals surface area (Å²) in [5, 5.41) is 3.52. The van der Waals surface area contributed by atoms with Crippen LogP contribution in [-0.4, -0.2) is 13.1 Å². The molecule has 1 aliphatic rings. The van der Waals surface area contributed by atoms with E-state index >= 15 is 0 Å². The van der Waals surface area contributed by atoms with Gasteiger partial charge in [-0.25, -0.2) is 0 Å². The zero-order valence-electron chi connectivity index (χ0n) is 11.1. The SMILES string of the molecule is CCNCC1CCCC1CCC(C)(C)C. The third kappa shape index (κ3) is 5.01. The van der Waals surface area contributed by atoms with Gasteiger partial charge in [0.15, 0.2) is 0 Å². The molecule has 1 saturated carbocycles. The predicted molar refractivity (Wildman–Crippen MR) is 68.1 cm³/mol. The summed E-state index contributed by atoms with van der Waals surface area (Å²) in [6, 6.07) is 0. The van der Waals surface area contributed by atoms with Gasteiger partial charge >= 0.3 is 0 Å². The van der Waals surface area contributed by atoms with E-state index in [1.165, 1.54) is 38.6 Å². The molecule has 15 heavy (non-hydrogen) atoms. The summed E-state index contributed by atoms with van der Waals surface area (Å²) in [4.78, 5) is 0. The summed E-state index contributed by atoms with van der Waals surface area (Å²) in [6.07, 6.45) is 7.23. The fraction of sp³-hybridized carbons (Fsp3) is 1.00. The van der Waals surface area contributed by atoms with Crippen molar-refractivity contribution in [2.24, 2.45) is 17.3 Å². The predicted octanol–water partition coefficient (Wildman–Crippen LogP) is 3.84. The van der Waals surface area contributed by atoms with Crippen LogP contribution in [0.4, 0.5) is 0 Å². The fourth-order valence-electron chi connectivity index (χ4n) is 2.71. The lowest BCUT2D eigenvalue weighted by molar-refractivity contribution is 0.279. The second-order valence-electron chi connectivity index (χ2n) is 6.36. The van der Waals surface area contributed by atoms with Gasteiger partial charge < -0.3 is 5.32 Å². The van der Waals surface area contributed by atoms with Gasteiger partial charge in [-0.15, -0.1) is 0 Å². The Labute approximate surface area is 96.0 Å². The molecule has 90 valence electrons. The first kappa shape index (κ1) is 13.0. The van der Waals surface area contributed by atoms with Crippen molar-refractivity contribution in [1.29, 1.82) is 0 Å². The van der Waals surface area contributed by atoms with Crippen molar-refractivity contribution in [3.63, 3.8) is 0 Å². The first-order valence-corrected chi connectivity index (χ1v) is 6.73. The van der Waals surface area contributed by atoms with Crippen molar-refractivity contribution < 1.29 is 0 Å². The molecule has 0 aromatic heterocycles. The molecular weight excluding hydrogens is 182 g/mol. The Morgan fingerprint density at radius 1 is 1.13 bits per heavy atom. The van der Waals surface area contributed by atoms with Crippen molar-refractivity contribution in [2.75, 3.05) is 13.1 Å². The lowest BCUT2D eigenvalue weighted by atomic mass is 9.83. The molecule has 1 rings (SSSR count). The maximum absolute atomic E-state index is 3.52. The molecule has 0 aliphatic heterocycles. The van der Waals surface area contributed by atoms with Crippen LogP contribution in [-0.2, 0) is 0 Å². The summed E-state index contributed by atoms with van der Waals surface area (Å²) in [7, 11) is 0. The van der Waals surface area contributed by atoms with E-state index in [1.807, 2.05) is 0 Å². The van der Waals surface area contributed by atoms with E-state index in [4.69, 9.17) is 0 Å². The molecule has 0 heterocycles. The first-order valence-electron chi connectivity index (χ1n) is 6.73. The summed E-state index contributed by atoms with van der Waals surface area (Å²) >= 11 is 0. The van der Waals surface area contributed by atoms with Crippen LogP contribution < -0.4 is 5.32 Å². The van der Waals surface area contributed by atoms with Gasteiger partial charge in [0.2, 0.25) is 0 Å². The monoisotopic (exact) mass is 211 g/mol. The molecule has 1 nitrogen and oxygen atoms in total. The van der Waals surface area contributed by atoms with Gasteiger partial charge in [-0.2, -0.15) is 0 Å². The highest BCUT2D eigenvalue weighted by atomic mass is 14.8. The largest absolute Gasteiger partial charge is 0.317 e. The van der Waals surface area contributed by atoms with Gasteiger partial charge in [0.05, 0.1) is 0 Å². The summed E-state index contributed by atoms with van der Waals surface area (Å²) in [5.41, 5.74) is 0.519. The standard InChI is InChI=1S/C14H29N/c1-5-15-11-13-8-6-7-12(13)9-10-14(2,3)4/h12-13,15H,5-11H2,1-4H3. The van der Waals surface area contributed by atoms with Crippen LogP contribution in [0.5, 0.6) is 0 Å². The Kier molecular flexibility index (Phi) is 5.11. The van der Waals surface area contributed by atoms with Crippen LogP contribution in [0, 0.1) is 17.3 Å². The molecule has 0 saturated heterocycles. The van der Waals surface area contributed by atoms with Crippen LogP contribution in [0.15, 0.2) is 0 Å². The number of nitrogens with one attached hydrogen (secondary N) is 1. The quantitative estimate of drug-likeness (QED) is 0.728. The molecule has 1 N–H and O–H groups in total. The summed E-state index contributed by atoms with van der Waals surface area (Å²) in [5.74, 6) is 1.97. The zero-order chi connectivity index (χ0) is 11.3. The lowest BCUT2D eigenvalue weighted by Gasteiger charge is -2.24. The molecule has 1 heteroatoms. The van der Waals surface area contributed by atoms with Crippen LogP contribution >= 0.6 is 0 Å². The fourth-order valence-corrected chi connectivity index (χ4v) is 2.71. The Bertz CT molecular complexity index is 169. The second kappa shape index (κ2) is 5.89. The third-order valence-corrected chi connectivity index (χ3v) is 3.74. The molecule has 0 aromatic rings. The summed E-state index contributed by atoms with van der Waals surface area (Å²) < 4.78 is 0. The molecule has 0 spiro atoms. The Morgan fingerprint density at radius 2 is 1.80 bits per heavy atom. The lowest BCUT2D eigenvalue weighted by Crippen LogP contribution is -2.25.